The molecule has 2 aliphatic carbocycles. The van der Waals surface area contributed by atoms with Crippen molar-refractivity contribution in [1.82, 2.24) is 15.1 Å². The lowest BCUT2D eigenvalue weighted by Gasteiger charge is -2.56. The van der Waals surface area contributed by atoms with Crippen molar-refractivity contribution in [3.8, 4) is 0 Å². The molecular formula is C16H23N3O3. The van der Waals surface area contributed by atoms with Gasteiger partial charge >= 0.3 is 0 Å². The van der Waals surface area contributed by atoms with Crippen LogP contribution in [0.15, 0.2) is 6.07 Å². The number of carbonyl (C=O) groups is 1. The number of methoxy groups -OCH3 is 1. The molecule has 1 spiro atoms. The third-order valence-electron chi connectivity index (χ3n) is 5.84. The Kier molecular flexibility index (Phi) is 3.27. The SMILES string of the molecule is CO[C@@H]1C[C@H](O)C12CCN(C(=O)c1cc(C3CC3)[nH]n1)CC2. The highest BCUT2D eigenvalue weighted by atomic mass is 16.5. The van der Waals surface area contributed by atoms with Gasteiger partial charge in [-0.15, -0.1) is 0 Å². The number of hydrogen-bond donors (Lipinski definition) is 2. The molecule has 22 heavy (non-hydrogen) atoms. The van der Waals surface area contributed by atoms with Crippen LogP contribution >= 0.6 is 0 Å². The lowest BCUT2D eigenvalue weighted by atomic mass is 9.58. The summed E-state index contributed by atoms with van der Waals surface area (Å²) < 4.78 is 5.49. The monoisotopic (exact) mass is 305 g/mol. The second-order valence-corrected chi connectivity index (χ2v) is 6.98. The molecule has 0 aromatic carbocycles. The molecule has 3 aliphatic rings. The van der Waals surface area contributed by atoms with E-state index >= 15 is 0 Å². The number of rotatable bonds is 3. The highest BCUT2D eigenvalue weighted by molar-refractivity contribution is 5.92. The molecule has 1 saturated heterocycles. The first kappa shape index (κ1) is 14.2. The number of aliphatic hydroxyl groups excluding tert-OH is 1. The van der Waals surface area contributed by atoms with Crippen molar-refractivity contribution in [3.63, 3.8) is 0 Å². The van der Waals surface area contributed by atoms with Gasteiger partial charge in [-0.25, -0.2) is 0 Å². The topological polar surface area (TPSA) is 78.5 Å². The van der Waals surface area contributed by atoms with Gasteiger partial charge in [-0.3, -0.25) is 9.89 Å². The van der Waals surface area contributed by atoms with Crippen molar-refractivity contribution in [3.05, 3.63) is 17.5 Å². The number of amides is 1. The predicted molar refractivity (Wildman–Crippen MR) is 79.6 cm³/mol. The van der Waals surface area contributed by atoms with Gasteiger partial charge in [0.1, 0.15) is 5.69 Å². The van der Waals surface area contributed by atoms with Crippen LogP contribution in [0.4, 0.5) is 0 Å². The molecule has 2 N–H and O–H groups in total. The second-order valence-electron chi connectivity index (χ2n) is 6.98. The molecule has 2 atom stereocenters. The lowest BCUT2D eigenvalue weighted by Crippen LogP contribution is -2.62. The number of piperidine rings is 1. The molecule has 6 heteroatoms. The zero-order chi connectivity index (χ0) is 15.3. The van der Waals surface area contributed by atoms with Gasteiger partial charge in [0.05, 0.1) is 12.2 Å². The molecule has 1 amide bonds. The molecule has 4 rings (SSSR count). The van der Waals surface area contributed by atoms with E-state index in [1.54, 1.807) is 7.11 Å². The van der Waals surface area contributed by atoms with Crippen LogP contribution in [-0.2, 0) is 4.74 Å². The number of H-pyrrole nitrogens is 1. The van der Waals surface area contributed by atoms with Crippen LogP contribution in [0.25, 0.3) is 0 Å². The number of aliphatic hydroxyl groups is 1. The van der Waals surface area contributed by atoms with Crippen LogP contribution in [0, 0.1) is 5.41 Å². The number of hydrogen-bond acceptors (Lipinski definition) is 4. The minimum atomic E-state index is -0.290. The fourth-order valence-electron chi connectivity index (χ4n) is 4.05. The highest BCUT2D eigenvalue weighted by Gasteiger charge is 2.56. The minimum Gasteiger partial charge on any atom is -0.392 e. The quantitative estimate of drug-likeness (QED) is 0.882. The third-order valence-corrected chi connectivity index (χ3v) is 5.84. The number of aromatic nitrogens is 2. The van der Waals surface area contributed by atoms with E-state index in [9.17, 15) is 9.90 Å². The first-order valence-electron chi connectivity index (χ1n) is 8.19. The van der Waals surface area contributed by atoms with Gasteiger partial charge in [0.15, 0.2) is 0 Å². The van der Waals surface area contributed by atoms with E-state index in [0.29, 0.717) is 31.1 Å². The number of carbonyl (C=O) groups excluding carboxylic acids is 1. The number of nitrogens with one attached hydrogen (secondary N) is 1. The Labute approximate surface area is 129 Å². The van der Waals surface area contributed by atoms with E-state index in [4.69, 9.17) is 4.74 Å². The Morgan fingerprint density at radius 1 is 1.45 bits per heavy atom. The average molecular weight is 305 g/mol. The van der Waals surface area contributed by atoms with Gasteiger partial charge in [-0.05, 0) is 31.7 Å². The normalized spacial score (nSPS) is 30.4. The Morgan fingerprint density at radius 3 is 2.77 bits per heavy atom. The van der Waals surface area contributed by atoms with Crippen LogP contribution < -0.4 is 0 Å². The van der Waals surface area contributed by atoms with E-state index in [2.05, 4.69) is 10.2 Å². The number of likely N-dealkylation sites (tertiary alicyclic amines) is 1. The van der Waals surface area contributed by atoms with Crippen LogP contribution in [0.2, 0.25) is 0 Å². The van der Waals surface area contributed by atoms with E-state index in [0.717, 1.165) is 18.5 Å². The summed E-state index contributed by atoms with van der Waals surface area (Å²) in [5.41, 5.74) is 1.47. The first-order chi connectivity index (χ1) is 10.6. The zero-order valence-corrected chi connectivity index (χ0v) is 12.9. The largest absolute Gasteiger partial charge is 0.392 e. The average Bonchev–Trinajstić information content (AvgIpc) is 3.29. The van der Waals surface area contributed by atoms with Crippen molar-refractivity contribution in [1.29, 1.82) is 0 Å². The molecule has 2 heterocycles. The number of ether oxygens (including phenoxy) is 1. The van der Waals surface area contributed by atoms with Crippen LogP contribution in [-0.4, -0.2) is 58.5 Å². The fourth-order valence-corrected chi connectivity index (χ4v) is 4.05. The Balaban J connectivity index is 1.41. The van der Waals surface area contributed by atoms with Crippen molar-refractivity contribution in [2.45, 2.75) is 50.2 Å². The Hall–Kier alpha value is -1.40. The van der Waals surface area contributed by atoms with Gasteiger partial charge in [-0.1, -0.05) is 0 Å². The summed E-state index contributed by atoms with van der Waals surface area (Å²) in [6, 6.07) is 1.90. The summed E-state index contributed by atoms with van der Waals surface area (Å²) in [5, 5.41) is 17.3. The lowest BCUT2D eigenvalue weighted by molar-refractivity contribution is -0.199. The molecule has 120 valence electrons. The summed E-state index contributed by atoms with van der Waals surface area (Å²) in [5.74, 6) is 0.576. The summed E-state index contributed by atoms with van der Waals surface area (Å²) in [4.78, 5) is 14.4. The van der Waals surface area contributed by atoms with Gasteiger partial charge in [0.2, 0.25) is 0 Å². The smallest absolute Gasteiger partial charge is 0.274 e. The van der Waals surface area contributed by atoms with E-state index < -0.39 is 0 Å². The highest BCUT2D eigenvalue weighted by Crippen LogP contribution is 2.50. The molecule has 3 fully saturated rings. The summed E-state index contributed by atoms with van der Waals surface area (Å²) >= 11 is 0. The van der Waals surface area contributed by atoms with Crippen molar-refractivity contribution in [2.24, 2.45) is 5.41 Å². The zero-order valence-electron chi connectivity index (χ0n) is 12.9. The molecule has 1 aromatic heterocycles. The van der Waals surface area contributed by atoms with Crippen LogP contribution in [0.5, 0.6) is 0 Å². The molecule has 2 saturated carbocycles. The van der Waals surface area contributed by atoms with Gasteiger partial charge in [0.25, 0.3) is 5.91 Å². The van der Waals surface area contributed by atoms with E-state index in [1.165, 1.54) is 12.8 Å². The van der Waals surface area contributed by atoms with Crippen LogP contribution in [0.3, 0.4) is 0 Å². The predicted octanol–water partition coefficient (Wildman–Crippen LogP) is 1.29. The maximum absolute atomic E-state index is 12.6. The van der Waals surface area contributed by atoms with E-state index in [1.807, 2.05) is 11.0 Å². The molecule has 1 aromatic rings. The maximum Gasteiger partial charge on any atom is 0.274 e. The summed E-state index contributed by atoms with van der Waals surface area (Å²) in [6.45, 7) is 1.34. The number of nitrogens with zero attached hydrogens (tertiary/aromatic N) is 2. The molecule has 1 aliphatic heterocycles. The molecule has 0 radical (unpaired) electrons. The second kappa shape index (κ2) is 5.06. The minimum absolute atomic E-state index is 0.000722. The third kappa shape index (κ3) is 2.08. The summed E-state index contributed by atoms with van der Waals surface area (Å²) in [6.07, 6.45) is 4.55. The van der Waals surface area contributed by atoms with Gasteiger partial charge in [0, 0.05) is 43.6 Å². The van der Waals surface area contributed by atoms with E-state index in [-0.39, 0.29) is 23.5 Å². The maximum atomic E-state index is 12.6. The van der Waals surface area contributed by atoms with Crippen molar-refractivity contribution in [2.75, 3.05) is 20.2 Å². The molecule has 6 nitrogen and oxygen atoms in total. The van der Waals surface area contributed by atoms with Crippen molar-refractivity contribution < 1.29 is 14.6 Å². The van der Waals surface area contributed by atoms with Gasteiger partial charge in [-0.2, -0.15) is 5.10 Å². The molecular weight excluding hydrogens is 282 g/mol. The molecule has 0 unspecified atom stereocenters. The Morgan fingerprint density at radius 2 is 2.18 bits per heavy atom. The van der Waals surface area contributed by atoms with Crippen molar-refractivity contribution >= 4 is 5.91 Å². The molecule has 0 bridgehead atoms. The Bertz CT molecular complexity index is 573. The van der Waals surface area contributed by atoms with Crippen LogP contribution in [0.1, 0.15) is 54.2 Å². The fraction of sp³-hybridized carbons (Fsp3) is 0.750. The number of aromatic amines is 1. The van der Waals surface area contributed by atoms with Gasteiger partial charge < -0.3 is 14.7 Å². The standard InChI is InChI=1S/C16H23N3O3/c1-22-14-9-13(20)16(14)4-6-19(7-5-16)15(21)12-8-11(17-18-12)10-2-3-10/h8,10,13-14,20H,2-7,9H2,1H3,(H,17,18)/t13-,14+/m0/s1. The first-order valence-corrected chi connectivity index (χ1v) is 8.19. The summed E-state index contributed by atoms with van der Waals surface area (Å²) in [7, 11) is 1.71.